The van der Waals surface area contributed by atoms with Crippen LogP contribution in [0.4, 0.5) is 5.82 Å². The molecule has 3 N–H and O–H groups in total. The normalized spacial score (nSPS) is 10.4. The lowest BCUT2D eigenvalue weighted by Gasteiger charge is -2.00. The molecule has 0 unspecified atom stereocenters. The van der Waals surface area contributed by atoms with Crippen molar-refractivity contribution in [1.29, 1.82) is 0 Å². The van der Waals surface area contributed by atoms with E-state index in [0.717, 1.165) is 23.3 Å². The maximum atomic E-state index is 5.86. The fourth-order valence-corrected chi connectivity index (χ4v) is 2.36. The molecule has 0 aliphatic rings. The van der Waals surface area contributed by atoms with Gasteiger partial charge in [-0.25, -0.2) is 9.97 Å². The van der Waals surface area contributed by atoms with Crippen LogP contribution in [0.25, 0.3) is 11.0 Å². The van der Waals surface area contributed by atoms with Gasteiger partial charge in [-0.2, -0.15) is 0 Å². The monoisotopic (exact) mass is 266 g/mol. The molecule has 0 aliphatic carbocycles. The average Bonchev–Trinajstić information content (AvgIpc) is 2.87. The Balaban J connectivity index is 0.00000108. The fraction of sp³-hybridized carbons (Fsp3) is 0.0909. The molecule has 0 saturated heterocycles. The number of anilines is 1. The Labute approximate surface area is 108 Å². The molecule has 4 nitrogen and oxygen atoms in total. The van der Waals surface area contributed by atoms with Crippen LogP contribution in [0.5, 0.6) is 0 Å². The van der Waals surface area contributed by atoms with Gasteiger partial charge in [-0.3, -0.25) is 0 Å². The van der Waals surface area contributed by atoms with Crippen molar-refractivity contribution in [2.45, 2.75) is 6.42 Å². The SMILES string of the molecule is Cl.Nc1nc(Cc2cccs2)nc2[nH]ccc12. The summed E-state index contributed by atoms with van der Waals surface area (Å²) in [6, 6.07) is 5.99. The number of aromatic amines is 1. The maximum Gasteiger partial charge on any atom is 0.143 e. The first kappa shape index (κ1) is 11.9. The van der Waals surface area contributed by atoms with E-state index >= 15 is 0 Å². The van der Waals surface area contributed by atoms with E-state index in [9.17, 15) is 0 Å². The summed E-state index contributed by atoms with van der Waals surface area (Å²) in [6.45, 7) is 0. The molecular formula is C11H11ClN4S. The second kappa shape index (κ2) is 4.73. The van der Waals surface area contributed by atoms with Gasteiger partial charge in [-0.15, -0.1) is 23.7 Å². The number of rotatable bonds is 2. The molecule has 0 saturated carbocycles. The first-order valence-electron chi connectivity index (χ1n) is 4.95. The van der Waals surface area contributed by atoms with E-state index in [2.05, 4.69) is 21.0 Å². The molecule has 0 spiro atoms. The Hall–Kier alpha value is -1.59. The van der Waals surface area contributed by atoms with E-state index in [1.165, 1.54) is 4.88 Å². The van der Waals surface area contributed by atoms with Crippen LogP contribution in [0, 0.1) is 0 Å². The van der Waals surface area contributed by atoms with Gasteiger partial charge in [0.25, 0.3) is 0 Å². The number of nitrogen functional groups attached to an aromatic ring is 1. The highest BCUT2D eigenvalue weighted by Crippen LogP contribution is 2.18. The summed E-state index contributed by atoms with van der Waals surface area (Å²) in [7, 11) is 0. The zero-order valence-corrected chi connectivity index (χ0v) is 10.5. The second-order valence-electron chi connectivity index (χ2n) is 3.52. The van der Waals surface area contributed by atoms with Crippen LogP contribution in [0.15, 0.2) is 29.8 Å². The van der Waals surface area contributed by atoms with Crippen molar-refractivity contribution < 1.29 is 0 Å². The molecule has 0 fully saturated rings. The Morgan fingerprint density at radius 3 is 2.94 bits per heavy atom. The number of H-pyrrole nitrogens is 1. The molecule has 3 rings (SSSR count). The zero-order chi connectivity index (χ0) is 11.0. The van der Waals surface area contributed by atoms with Gasteiger partial charge in [0.05, 0.1) is 5.39 Å². The molecular weight excluding hydrogens is 256 g/mol. The third kappa shape index (κ3) is 2.25. The van der Waals surface area contributed by atoms with Crippen LogP contribution >= 0.6 is 23.7 Å². The van der Waals surface area contributed by atoms with Crippen molar-refractivity contribution >= 4 is 40.6 Å². The summed E-state index contributed by atoms with van der Waals surface area (Å²) in [5.41, 5.74) is 6.67. The van der Waals surface area contributed by atoms with Crippen molar-refractivity contribution in [3.05, 3.63) is 40.5 Å². The Kier molecular flexibility index (Phi) is 3.31. The second-order valence-corrected chi connectivity index (χ2v) is 4.55. The van der Waals surface area contributed by atoms with Gasteiger partial charge in [0.2, 0.25) is 0 Å². The first-order chi connectivity index (χ1) is 7.83. The summed E-state index contributed by atoms with van der Waals surface area (Å²) in [4.78, 5) is 13.0. The van der Waals surface area contributed by atoms with Gasteiger partial charge in [0, 0.05) is 17.5 Å². The molecule has 0 aromatic carbocycles. The molecule has 0 radical (unpaired) electrons. The number of aromatic nitrogens is 3. The van der Waals surface area contributed by atoms with E-state index in [4.69, 9.17) is 5.73 Å². The number of hydrogen-bond donors (Lipinski definition) is 2. The van der Waals surface area contributed by atoms with Crippen LogP contribution in [0.2, 0.25) is 0 Å². The largest absolute Gasteiger partial charge is 0.383 e. The van der Waals surface area contributed by atoms with Crippen LogP contribution < -0.4 is 5.73 Å². The smallest absolute Gasteiger partial charge is 0.143 e. The number of fused-ring (bicyclic) bond motifs is 1. The predicted octanol–water partition coefficient (Wildman–Crippen LogP) is 2.61. The number of thiophene rings is 1. The van der Waals surface area contributed by atoms with E-state index in [1.54, 1.807) is 11.3 Å². The lowest BCUT2D eigenvalue weighted by Crippen LogP contribution is -2.00. The number of hydrogen-bond acceptors (Lipinski definition) is 4. The van der Waals surface area contributed by atoms with Crippen molar-refractivity contribution in [3.63, 3.8) is 0 Å². The Morgan fingerprint density at radius 1 is 1.29 bits per heavy atom. The third-order valence-corrected chi connectivity index (χ3v) is 3.28. The number of nitrogens with one attached hydrogen (secondary N) is 1. The summed E-state index contributed by atoms with van der Waals surface area (Å²) < 4.78 is 0. The highest BCUT2D eigenvalue weighted by atomic mass is 35.5. The van der Waals surface area contributed by atoms with Crippen molar-refractivity contribution in [1.82, 2.24) is 15.0 Å². The molecule has 88 valence electrons. The number of halogens is 1. The molecule has 0 bridgehead atoms. The van der Waals surface area contributed by atoms with Gasteiger partial charge in [-0.05, 0) is 17.5 Å². The van der Waals surface area contributed by atoms with Gasteiger partial charge < -0.3 is 10.7 Å². The average molecular weight is 267 g/mol. The minimum atomic E-state index is 0. The van der Waals surface area contributed by atoms with Gasteiger partial charge in [0.15, 0.2) is 0 Å². The Morgan fingerprint density at radius 2 is 2.18 bits per heavy atom. The molecule has 0 aliphatic heterocycles. The van der Waals surface area contributed by atoms with E-state index < -0.39 is 0 Å². The maximum absolute atomic E-state index is 5.86. The van der Waals surface area contributed by atoms with Crippen molar-refractivity contribution in [2.24, 2.45) is 0 Å². The summed E-state index contributed by atoms with van der Waals surface area (Å²) in [5.74, 6) is 1.30. The molecule has 3 aromatic rings. The standard InChI is InChI=1S/C11H10N4S.ClH/c12-10-8-3-4-13-11(8)15-9(14-10)6-7-2-1-5-16-7;/h1-5H,6H2,(H3,12,13,14,15);1H. The minimum absolute atomic E-state index is 0. The molecule has 6 heteroatoms. The lowest BCUT2D eigenvalue weighted by molar-refractivity contribution is 1.01. The summed E-state index contributed by atoms with van der Waals surface area (Å²) in [6.07, 6.45) is 2.56. The van der Waals surface area contributed by atoms with Crippen LogP contribution in [-0.4, -0.2) is 15.0 Å². The highest BCUT2D eigenvalue weighted by Gasteiger charge is 2.06. The zero-order valence-electron chi connectivity index (χ0n) is 8.88. The fourth-order valence-electron chi connectivity index (χ4n) is 1.66. The molecule has 0 atom stereocenters. The molecule has 3 aromatic heterocycles. The minimum Gasteiger partial charge on any atom is -0.383 e. The van der Waals surface area contributed by atoms with E-state index in [-0.39, 0.29) is 12.4 Å². The molecule has 3 heterocycles. The van der Waals surface area contributed by atoms with Gasteiger partial charge in [0.1, 0.15) is 17.3 Å². The van der Waals surface area contributed by atoms with E-state index in [0.29, 0.717) is 5.82 Å². The lowest BCUT2D eigenvalue weighted by atomic mass is 10.3. The predicted molar refractivity (Wildman–Crippen MR) is 72.7 cm³/mol. The number of nitrogens with zero attached hydrogens (tertiary/aromatic N) is 2. The van der Waals surface area contributed by atoms with Crippen LogP contribution in [0.1, 0.15) is 10.7 Å². The van der Waals surface area contributed by atoms with Crippen molar-refractivity contribution in [2.75, 3.05) is 5.73 Å². The molecule has 17 heavy (non-hydrogen) atoms. The molecule has 0 amide bonds. The van der Waals surface area contributed by atoms with Crippen LogP contribution in [0.3, 0.4) is 0 Å². The van der Waals surface area contributed by atoms with Gasteiger partial charge >= 0.3 is 0 Å². The van der Waals surface area contributed by atoms with Gasteiger partial charge in [-0.1, -0.05) is 6.07 Å². The highest BCUT2D eigenvalue weighted by molar-refractivity contribution is 7.09. The quantitative estimate of drug-likeness (QED) is 0.749. The third-order valence-electron chi connectivity index (χ3n) is 2.40. The number of nitrogens with two attached hydrogens (primary N) is 1. The summed E-state index contributed by atoms with van der Waals surface area (Å²) in [5, 5.41) is 2.93. The summed E-state index contributed by atoms with van der Waals surface area (Å²) >= 11 is 1.70. The van der Waals surface area contributed by atoms with E-state index in [1.807, 2.05) is 23.7 Å². The first-order valence-corrected chi connectivity index (χ1v) is 5.83. The Bertz CT molecular complexity index is 617. The topological polar surface area (TPSA) is 67.6 Å². The van der Waals surface area contributed by atoms with Crippen LogP contribution in [-0.2, 0) is 6.42 Å². The van der Waals surface area contributed by atoms with Crippen molar-refractivity contribution in [3.8, 4) is 0 Å².